The molecule has 1 amide bonds. The molecule has 1 aromatic carbocycles. The number of hydrogen-bond acceptors (Lipinski definition) is 5. The number of benzene rings is 1. The van der Waals surface area contributed by atoms with Crippen LogP contribution in [0.4, 0.5) is 0 Å². The SMILES string of the molecule is CC(O)C(=O)N1CCC[C@H](NS(C)(=O)=O)[C@@H]1CO[C@H]1CC[C@@H](c2ccccc2)CC1. The van der Waals surface area contributed by atoms with Gasteiger partial charge in [0.2, 0.25) is 10.0 Å². The Balaban J connectivity index is 1.61. The second kappa shape index (κ2) is 10.2. The van der Waals surface area contributed by atoms with Crippen LogP contribution in [0.5, 0.6) is 0 Å². The van der Waals surface area contributed by atoms with Gasteiger partial charge in [0.1, 0.15) is 6.10 Å². The van der Waals surface area contributed by atoms with Crippen molar-refractivity contribution in [1.82, 2.24) is 9.62 Å². The van der Waals surface area contributed by atoms with Crippen molar-refractivity contribution in [1.29, 1.82) is 0 Å². The Labute approximate surface area is 179 Å². The quantitative estimate of drug-likeness (QED) is 0.679. The van der Waals surface area contributed by atoms with E-state index in [1.54, 1.807) is 4.90 Å². The van der Waals surface area contributed by atoms with E-state index in [4.69, 9.17) is 4.74 Å². The number of carbonyl (C=O) groups excluding carboxylic acids is 1. The lowest BCUT2D eigenvalue weighted by molar-refractivity contribution is -0.146. The van der Waals surface area contributed by atoms with Gasteiger partial charge in [-0.15, -0.1) is 0 Å². The summed E-state index contributed by atoms with van der Waals surface area (Å²) in [5, 5.41) is 9.79. The van der Waals surface area contributed by atoms with Crippen molar-refractivity contribution in [2.75, 3.05) is 19.4 Å². The Morgan fingerprint density at radius 2 is 1.87 bits per heavy atom. The van der Waals surface area contributed by atoms with Gasteiger partial charge < -0.3 is 14.7 Å². The van der Waals surface area contributed by atoms with Gasteiger partial charge in [0.25, 0.3) is 5.91 Å². The van der Waals surface area contributed by atoms with E-state index >= 15 is 0 Å². The van der Waals surface area contributed by atoms with Crippen LogP contribution < -0.4 is 4.72 Å². The number of sulfonamides is 1. The molecule has 30 heavy (non-hydrogen) atoms. The number of aliphatic hydroxyl groups is 1. The minimum Gasteiger partial charge on any atom is -0.384 e. The average molecular weight is 439 g/mol. The summed E-state index contributed by atoms with van der Waals surface area (Å²) in [7, 11) is -3.41. The van der Waals surface area contributed by atoms with E-state index in [1.165, 1.54) is 12.5 Å². The number of rotatable bonds is 7. The number of carbonyl (C=O) groups is 1. The molecule has 2 N–H and O–H groups in total. The van der Waals surface area contributed by atoms with E-state index in [9.17, 15) is 18.3 Å². The first-order valence-corrected chi connectivity index (χ1v) is 12.8. The highest BCUT2D eigenvalue weighted by atomic mass is 32.2. The van der Waals surface area contributed by atoms with Crippen molar-refractivity contribution >= 4 is 15.9 Å². The lowest BCUT2D eigenvalue weighted by Gasteiger charge is -2.42. The highest BCUT2D eigenvalue weighted by molar-refractivity contribution is 7.88. The van der Waals surface area contributed by atoms with Gasteiger partial charge in [0.05, 0.1) is 25.0 Å². The fraction of sp³-hybridized carbons (Fsp3) is 0.682. The van der Waals surface area contributed by atoms with Crippen LogP contribution in [0.25, 0.3) is 0 Å². The fourth-order valence-corrected chi connectivity index (χ4v) is 5.54. The molecule has 7 nitrogen and oxygen atoms in total. The summed E-state index contributed by atoms with van der Waals surface area (Å²) in [5.41, 5.74) is 1.37. The van der Waals surface area contributed by atoms with E-state index in [0.717, 1.165) is 31.9 Å². The lowest BCUT2D eigenvalue weighted by atomic mass is 9.83. The van der Waals surface area contributed by atoms with Crippen LogP contribution in [-0.4, -0.2) is 68.0 Å². The van der Waals surface area contributed by atoms with E-state index in [2.05, 4.69) is 29.0 Å². The van der Waals surface area contributed by atoms with Crippen molar-refractivity contribution < 1.29 is 23.1 Å². The average Bonchev–Trinajstić information content (AvgIpc) is 2.72. The molecule has 1 aromatic rings. The van der Waals surface area contributed by atoms with Gasteiger partial charge in [0, 0.05) is 12.6 Å². The Hall–Kier alpha value is -1.48. The third kappa shape index (κ3) is 6.26. The molecule has 168 valence electrons. The van der Waals surface area contributed by atoms with Crippen LogP contribution in [-0.2, 0) is 19.6 Å². The summed E-state index contributed by atoms with van der Waals surface area (Å²) >= 11 is 0. The van der Waals surface area contributed by atoms with Gasteiger partial charge in [0.15, 0.2) is 0 Å². The molecule has 1 aliphatic carbocycles. The fourth-order valence-electron chi connectivity index (χ4n) is 4.71. The number of hydrogen-bond donors (Lipinski definition) is 2. The normalized spacial score (nSPS) is 28.8. The van der Waals surface area contributed by atoms with Crippen molar-refractivity contribution in [2.45, 2.75) is 75.7 Å². The molecular weight excluding hydrogens is 404 g/mol. The van der Waals surface area contributed by atoms with Crippen LogP contribution in [0.15, 0.2) is 30.3 Å². The Morgan fingerprint density at radius 3 is 2.47 bits per heavy atom. The van der Waals surface area contributed by atoms with Crippen LogP contribution in [0.3, 0.4) is 0 Å². The maximum Gasteiger partial charge on any atom is 0.251 e. The molecule has 0 radical (unpaired) electrons. The molecule has 8 heteroatoms. The molecule has 1 aliphatic heterocycles. The second-order valence-corrected chi connectivity index (χ2v) is 10.4. The molecule has 1 saturated carbocycles. The predicted octanol–water partition coefficient (Wildman–Crippen LogP) is 2.02. The monoisotopic (exact) mass is 438 g/mol. The van der Waals surface area contributed by atoms with E-state index in [0.29, 0.717) is 25.3 Å². The van der Waals surface area contributed by atoms with Crippen molar-refractivity contribution in [2.24, 2.45) is 0 Å². The summed E-state index contributed by atoms with van der Waals surface area (Å²) < 4.78 is 32.5. The smallest absolute Gasteiger partial charge is 0.251 e. The molecule has 3 rings (SSSR count). The zero-order chi connectivity index (χ0) is 21.7. The van der Waals surface area contributed by atoms with E-state index < -0.39 is 28.2 Å². The first kappa shape index (κ1) is 23.2. The largest absolute Gasteiger partial charge is 0.384 e. The molecule has 0 bridgehead atoms. The summed E-state index contributed by atoms with van der Waals surface area (Å²) in [6.07, 6.45) is 5.45. The number of amides is 1. The second-order valence-electron chi connectivity index (χ2n) is 8.63. The molecular formula is C22H34N2O5S. The minimum atomic E-state index is -3.41. The van der Waals surface area contributed by atoms with Gasteiger partial charge in [-0.1, -0.05) is 30.3 Å². The van der Waals surface area contributed by atoms with Crippen molar-refractivity contribution in [3.05, 3.63) is 35.9 Å². The van der Waals surface area contributed by atoms with Gasteiger partial charge in [-0.25, -0.2) is 13.1 Å². The zero-order valence-electron chi connectivity index (χ0n) is 17.9. The summed E-state index contributed by atoms with van der Waals surface area (Å²) in [6.45, 7) is 2.21. The van der Waals surface area contributed by atoms with E-state index in [-0.39, 0.29) is 18.6 Å². The molecule has 2 aliphatic rings. The molecule has 1 unspecified atom stereocenters. The highest BCUT2D eigenvalue weighted by Crippen LogP contribution is 2.34. The summed E-state index contributed by atoms with van der Waals surface area (Å²) in [6, 6.07) is 9.71. The van der Waals surface area contributed by atoms with Crippen molar-refractivity contribution in [3.8, 4) is 0 Å². The molecule has 0 spiro atoms. The number of piperidine rings is 1. The van der Waals surface area contributed by atoms with Crippen LogP contribution >= 0.6 is 0 Å². The number of likely N-dealkylation sites (tertiary alicyclic amines) is 1. The number of aliphatic hydroxyl groups excluding tert-OH is 1. The minimum absolute atomic E-state index is 0.106. The predicted molar refractivity (Wildman–Crippen MR) is 116 cm³/mol. The third-order valence-corrected chi connectivity index (χ3v) is 6.96. The molecule has 3 atom stereocenters. The van der Waals surface area contributed by atoms with E-state index in [1.807, 2.05) is 6.07 Å². The Bertz CT molecular complexity index is 791. The summed E-state index contributed by atoms with van der Waals surface area (Å²) in [5.74, 6) is 0.171. The van der Waals surface area contributed by atoms with Crippen LogP contribution in [0.1, 0.15) is 56.9 Å². The zero-order valence-corrected chi connectivity index (χ0v) is 18.7. The molecule has 0 aromatic heterocycles. The first-order valence-electron chi connectivity index (χ1n) is 10.9. The standard InChI is InChI=1S/C22H34N2O5S/c1-16(25)22(26)24-14-6-9-20(23-30(2,27)28)21(24)15-29-19-12-10-18(11-13-19)17-7-4-3-5-8-17/h3-5,7-8,16,18-21,23,25H,6,9-15H2,1-2H3/t16?,18-,19+,20-,21-/m0/s1. The van der Waals surface area contributed by atoms with Gasteiger partial charge >= 0.3 is 0 Å². The first-order chi connectivity index (χ1) is 14.2. The number of ether oxygens (including phenoxy) is 1. The molecule has 1 saturated heterocycles. The van der Waals surface area contributed by atoms with Crippen molar-refractivity contribution in [3.63, 3.8) is 0 Å². The van der Waals surface area contributed by atoms with Crippen LogP contribution in [0.2, 0.25) is 0 Å². The van der Waals surface area contributed by atoms with Gasteiger partial charge in [-0.05, 0) is 56.9 Å². The maximum absolute atomic E-state index is 12.5. The molecule has 1 heterocycles. The Kier molecular flexibility index (Phi) is 7.90. The Morgan fingerprint density at radius 1 is 1.20 bits per heavy atom. The molecule has 2 fully saturated rings. The third-order valence-electron chi connectivity index (χ3n) is 6.23. The summed E-state index contributed by atoms with van der Waals surface area (Å²) in [4.78, 5) is 14.1. The van der Waals surface area contributed by atoms with Gasteiger partial charge in [-0.3, -0.25) is 4.79 Å². The topological polar surface area (TPSA) is 95.9 Å². The van der Waals surface area contributed by atoms with Crippen LogP contribution in [0, 0.1) is 0 Å². The van der Waals surface area contributed by atoms with Gasteiger partial charge in [-0.2, -0.15) is 0 Å². The lowest BCUT2D eigenvalue weighted by Crippen LogP contribution is -2.60. The highest BCUT2D eigenvalue weighted by Gasteiger charge is 2.37. The number of nitrogens with zero attached hydrogens (tertiary/aromatic N) is 1. The maximum atomic E-state index is 12.5. The number of nitrogens with one attached hydrogen (secondary N) is 1.